The number of aliphatic hydroxyl groups excluding tert-OH is 3. The number of aliphatic hydroxyl groups is 4. The highest BCUT2D eigenvalue weighted by Gasteiger charge is 2.38. The molecule has 1 heterocycles. The Balaban J connectivity index is 1.62. The van der Waals surface area contributed by atoms with E-state index in [-0.39, 0.29) is 6.61 Å². The Morgan fingerprint density at radius 2 is 2.00 bits per heavy atom. The molecule has 1 aliphatic heterocycles. The molecule has 152 valence electrons. The van der Waals surface area contributed by atoms with Gasteiger partial charge in [-0.1, -0.05) is 18.6 Å². The van der Waals surface area contributed by atoms with Gasteiger partial charge in [0.15, 0.2) is 6.29 Å². The van der Waals surface area contributed by atoms with Gasteiger partial charge in [0, 0.05) is 0 Å². The molecule has 1 saturated heterocycles. The lowest BCUT2D eigenvalue weighted by Gasteiger charge is -2.35. The zero-order valence-electron chi connectivity index (χ0n) is 16.3. The van der Waals surface area contributed by atoms with Crippen molar-refractivity contribution in [2.75, 3.05) is 13.2 Å². The molecule has 0 aromatic rings. The predicted octanol–water partition coefficient (Wildman–Crippen LogP) is 1.75. The molecular weight excluding hydrogens is 336 g/mol. The van der Waals surface area contributed by atoms with Crippen molar-refractivity contribution in [3.63, 3.8) is 0 Å². The quantitative estimate of drug-likeness (QED) is 0.485. The highest BCUT2D eigenvalue weighted by atomic mass is 16.7. The third-order valence-corrected chi connectivity index (χ3v) is 5.70. The van der Waals surface area contributed by atoms with E-state index in [0.29, 0.717) is 18.4 Å². The van der Waals surface area contributed by atoms with Crippen LogP contribution >= 0.6 is 0 Å². The normalized spacial score (nSPS) is 34.4. The third-order valence-electron chi connectivity index (χ3n) is 5.70. The van der Waals surface area contributed by atoms with Crippen LogP contribution in [0.2, 0.25) is 0 Å². The lowest BCUT2D eigenvalue weighted by atomic mass is 9.78. The summed E-state index contributed by atoms with van der Waals surface area (Å²) in [5, 5.41) is 39.0. The number of allylic oxidation sites excluding steroid dienone is 2. The Kier molecular flexibility index (Phi) is 8.07. The van der Waals surface area contributed by atoms with E-state index in [9.17, 15) is 20.4 Å². The molecule has 1 fully saturated rings. The molecule has 4 N–H and O–H groups in total. The van der Waals surface area contributed by atoms with Gasteiger partial charge in [0.1, 0.15) is 18.3 Å². The largest absolute Gasteiger partial charge is 0.390 e. The van der Waals surface area contributed by atoms with E-state index in [1.165, 1.54) is 5.57 Å². The van der Waals surface area contributed by atoms with Gasteiger partial charge in [-0.3, -0.25) is 0 Å². The molecule has 0 aromatic heterocycles. The van der Waals surface area contributed by atoms with E-state index >= 15 is 0 Å². The molecule has 2 aliphatic rings. The first-order valence-electron chi connectivity index (χ1n) is 9.86. The van der Waals surface area contributed by atoms with Gasteiger partial charge in [-0.05, 0) is 64.2 Å². The highest BCUT2D eigenvalue weighted by Crippen LogP contribution is 2.33. The SMILES string of the molecule is CC(CCCC1=CCC(C(C)(C)O)CC1)COC1OCC(O)C(O)C1O. The zero-order chi connectivity index (χ0) is 19.3. The zero-order valence-corrected chi connectivity index (χ0v) is 16.3. The summed E-state index contributed by atoms with van der Waals surface area (Å²) >= 11 is 0. The number of hydrogen-bond acceptors (Lipinski definition) is 6. The lowest BCUT2D eigenvalue weighted by Crippen LogP contribution is -2.53. The molecule has 6 heteroatoms. The molecule has 0 saturated carbocycles. The monoisotopic (exact) mass is 372 g/mol. The standard InChI is InChI=1S/C20H36O6/c1-13(11-25-19-18(23)17(22)16(21)12-26-19)5-4-6-14-7-9-15(10-8-14)20(2,3)24/h7,13,15-19,21-24H,4-6,8-12H2,1-3H3. The van der Waals surface area contributed by atoms with Crippen molar-refractivity contribution in [1.29, 1.82) is 0 Å². The Morgan fingerprint density at radius 1 is 1.27 bits per heavy atom. The second-order valence-corrected chi connectivity index (χ2v) is 8.57. The van der Waals surface area contributed by atoms with Crippen molar-refractivity contribution in [3.05, 3.63) is 11.6 Å². The molecule has 0 aromatic carbocycles. The number of rotatable bonds is 8. The van der Waals surface area contributed by atoms with Crippen LogP contribution in [0.3, 0.4) is 0 Å². The summed E-state index contributed by atoms with van der Waals surface area (Å²) in [6.07, 6.45) is 4.17. The van der Waals surface area contributed by atoms with Crippen molar-refractivity contribution in [3.8, 4) is 0 Å². The molecule has 0 amide bonds. The van der Waals surface area contributed by atoms with Crippen LogP contribution in [0, 0.1) is 11.8 Å². The van der Waals surface area contributed by atoms with Crippen molar-refractivity contribution < 1.29 is 29.9 Å². The molecule has 6 nitrogen and oxygen atoms in total. The van der Waals surface area contributed by atoms with Crippen LogP contribution in [-0.4, -0.2) is 63.8 Å². The van der Waals surface area contributed by atoms with Gasteiger partial charge >= 0.3 is 0 Å². The van der Waals surface area contributed by atoms with Crippen molar-refractivity contribution >= 4 is 0 Å². The molecule has 1 aliphatic carbocycles. The first-order valence-corrected chi connectivity index (χ1v) is 9.86. The second kappa shape index (κ2) is 9.62. The Bertz CT molecular complexity index is 458. The summed E-state index contributed by atoms with van der Waals surface area (Å²) in [4.78, 5) is 0. The van der Waals surface area contributed by atoms with E-state index in [1.54, 1.807) is 0 Å². The fraction of sp³-hybridized carbons (Fsp3) is 0.900. The van der Waals surface area contributed by atoms with E-state index < -0.39 is 30.2 Å². The number of ether oxygens (including phenoxy) is 2. The average molecular weight is 373 g/mol. The van der Waals surface area contributed by atoms with Crippen LogP contribution in [-0.2, 0) is 9.47 Å². The summed E-state index contributed by atoms with van der Waals surface area (Å²) < 4.78 is 10.8. The van der Waals surface area contributed by atoms with Crippen molar-refractivity contribution in [2.45, 2.75) is 89.5 Å². The molecule has 2 rings (SSSR count). The Hall–Kier alpha value is -0.500. The molecule has 0 radical (unpaired) electrons. The first kappa shape index (κ1) is 21.8. The fourth-order valence-corrected chi connectivity index (χ4v) is 3.70. The Morgan fingerprint density at radius 3 is 2.62 bits per heavy atom. The van der Waals surface area contributed by atoms with Crippen molar-refractivity contribution in [1.82, 2.24) is 0 Å². The molecule has 6 unspecified atom stereocenters. The number of hydrogen-bond donors (Lipinski definition) is 4. The minimum atomic E-state index is -1.23. The topological polar surface area (TPSA) is 99.4 Å². The molecule has 0 bridgehead atoms. The maximum Gasteiger partial charge on any atom is 0.186 e. The van der Waals surface area contributed by atoms with Crippen molar-refractivity contribution in [2.24, 2.45) is 11.8 Å². The molecule has 6 atom stereocenters. The summed E-state index contributed by atoms with van der Waals surface area (Å²) in [6.45, 7) is 6.30. The summed E-state index contributed by atoms with van der Waals surface area (Å²) in [5.41, 5.74) is 0.894. The first-order chi connectivity index (χ1) is 12.2. The van der Waals surface area contributed by atoms with Gasteiger partial charge in [0.2, 0.25) is 0 Å². The minimum Gasteiger partial charge on any atom is -0.390 e. The van der Waals surface area contributed by atoms with Crippen LogP contribution in [0.4, 0.5) is 0 Å². The maximum atomic E-state index is 10.1. The van der Waals surface area contributed by atoms with Gasteiger partial charge in [-0.2, -0.15) is 0 Å². The summed E-state index contributed by atoms with van der Waals surface area (Å²) in [7, 11) is 0. The minimum absolute atomic E-state index is 0.0307. The van der Waals surface area contributed by atoms with Crippen LogP contribution in [0.5, 0.6) is 0 Å². The van der Waals surface area contributed by atoms with Crippen LogP contribution in [0.15, 0.2) is 11.6 Å². The van der Waals surface area contributed by atoms with Crippen LogP contribution in [0.25, 0.3) is 0 Å². The van der Waals surface area contributed by atoms with E-state index in [0.717, 1.165) is 38.5 Å². The van der Waals surface area contributed by atoms with E-state index in [4.69, 9.17) is 9.47 Å². The van der Waals surface area contributed by atoms with E-state index in [1.807, 2.05) is 13.8 Å². The summed E-state index contributed by atoms with van der Waals surface area (Å²) in [5.74, 6) is 0.678. The molecule has 0 spiro atoms. The second-order valence-electron chi connectivity index (χ2n) is 8.57. The van der Waals surface area contributed by atoms with Gasteiger partial charge in [0.05, 0.1) is 18.8 Å². The van der Waals surface area contributed by atoms with E-state index in [2.05, 4.69) is 13.0 Å². The fourth-order valence-electron chi connectivity index (χ4n) is 3.70. The highest BCUT2D eigenvalue weighted by molar-refractivity contribution is 5.08. The Labute approximate surface area is 156 Å². The smallest absolute Gasteiger partial charge is 0.186 e. The van der Waals surface area contributed by atoms with Gasteiger partial charge in [-0.25, -0.2) is 0 Å². The average Bonchev–Trinajstić information content (AvgIpc) is 2.59. The lowest BCUT2D eigenvalue weighted by molar-refractivity contribution is -0.272. The van der Waals surface area contributed by atoms with Gasteiger partial charge in [-0.15, -0.1) is 0 Å². The molecule has 26 heavy (non-hydrogen) atoms. The van der Waals surface area contributed by atoms with Crippen LogP contribution in [0.1, 0.15) is 59.3 Å². The third kappa shape index (κ3) is 6.29. The van der Waals surface area contributed by atoms with Gasteiger partial charge < -0.3 is 29.9 Å². The van der Waals surface area contributed by atoms with Crippen LogP contribution < -0.4 is 0 Å². The maximum absolute atomic E-state index is 10.1. The summed E-state index contributed by atoms with van der Waals surface area (Å²) in [6, 6.07) is 0. The predicted molar refractivity (Wildman–Crippen MR) is 98.4 cm³/mol. The molecular formula is C20H36O6. The van der Waals surface area contributed by atoms with Gasteiger partial charge in [0.25, 0.3) is 0 Å².